The van der Waals surface area contributed by atoms with Crippen LogP contribution in [-0.2, 0) is 4.79 Å². The van der Waals surface area contributed by atoms with Crippen LogP contribution in [0.5, 0.6) is 0 Å². The van der Waals surface area contributed by atoms with E-state index in [1.165, 1.54) is 6.42 Å². The maximum atomic E-state index is 11.7. The van der Waals surface area contributed by atoms with Gasteiger partial charge in [0, 0.05) is 0 Å². The number of nitrogens with zero attached hydrogens (tertiary/aromatic N) is 2. The van der Waals surface area contributed by atoms with Gasteiger partial charge in [0.05, 0.1) is 11.9 Å². The average Bonchev–Trinajstić information content (AvgIpc) is 2.46. The third kappa shape index (κ3) is 10.4. The monoisotopic (exact) mass is 309 g/mol. The van der Waals surface area contributed by atoms with Gasteiger partial charge in [0.1, 0.15) is 0 Å². The summed E-state index contributed by atoms with van der Waals surface area (Å²) in [6.07, 6.45) is 5.41. The summed E-state index contributed by atoms with van der Waals surface area (Å²) in [5.74, 6) is -0.330. The number of hydroxylamine groups is 1. The van der Waals surface area contributed by atoms with Gasteiger partial charge in [-0.1, -0.05) is 58.1 Å². The molecule has 0 heterocycles. The van der Waals surface area contributed by atoms with Gasteiger partial charge in [0.2, 0.25) is 0 Å². The van der Waals surface area contributed by atoms with Crippen molar-refractivity contribution in [1.82, 2.24) is 5.48 Å². The van der Waals surface area contributed by atoms with Crippen molar-refractivity contribution in [2.45, 2.75) is 77.9 Å². The van der Waals surface area contributed by atoms with Crippen molar-refractivity contribution in [3.8, 4) is 0 Å². The van der Waals surface area contributed by atoms with Crippen LogP contribution < -0.4 is 35.0 Å². The molecule has 0 aromatic rings. The Morgan fingerprint density at radius 2 is 1.86 bits per heavy atom. The first kappa shape index (κ1) is 23.3. The Labute approximate surface area is 150 Å². The van der Waals surface area contributed by atoms with Crippen LogP contribution in [0.25, 0.3) is 5.32 Å². The van der Waals surface area contributed by atoms with Gasteiger partial charge in [-0.2, -0.15) is 4.91 Å². The zero-order valence-corrected chi connectivity index (χ0v) is 15.8. The van der Waals surface area contributed by atoms with Gasteiger partial charge in [0.15, 0.2) is 0 Å². The van der Waals surface area contributed by atoms with E-state index in [2.05, 4.69) is 17.4 Å². The minimum absolute atomic E-state index is 0. The Morgan fingerprint density at radius 3 is 2.33 bits per heavy atom. The molecule has 2 N–H and O–H groups in total. The van der Waals surface area contributed by atoms with Crippen LogP contribution in [-0.4, -0.2) is 23.3 Å². The molecule has 0 aliphatic heterocycles. The average molecular weight is 309 g/mol. The van der Waals surface area contributed by atoms with Gasteiger partial charge < -0.3 is 15.3 Å². The van der Waals surface area contributed by atoms with E-state index in [0.717, 1.165) is 32.1 Å². The van der Waals surface area contributed by atoms with Crippen molar-refractivity contribution < 1.29 is 39.6 Å². The molecule has 0 bridgehead atoms. The van der Waals surface area contributed by atoms with Crippen LogP contribution in [0.4, 0.5) is 0 Å². The van der Waals surface area contributed by atoms with E-state index >= 15 is 0 Å². The molecule has 0 aliphatic carbocycles. The second-order valence-electron chi connectivity index (χ2n) is 5.24. The second-order valence-corrected chi connectivity index (χ2v) is 5.24. The molecule has 0 fully saturated rings. The summed E-state index contributed by atoms with van der Waals surface area (Å²) < 4.78 is 0. The smallest absolute Gasteiger partial charge is 0.635 e. The number of nitrogens with one attached hydrogen (secondary N) is 1. The van der Waals surface area contributed by atoms with Crippen molar-refractivity contribution in [1.29, 1.82) is 0 Å². The number of unbranched alkanes of at least 4 members (excludes halogenated alkanes) is 4. The fraction of sp³-hybridized carbons (Fsp3) is 0.929. The quantitative estimate of drug-likeness (QED) is 0.241. The number of carbonyl (C=O) groups is 1. The molecule has 7 heteroatoms. The molecule has 0 aliphatic rings. The third-order valence-electron chi connectivity index (χ3n) is 3.58. The van der Waals surface area contributed by atoms with Crippen LogP contribution in [0, 0.1) is 10.8 Å². The Hall–Kier alpha value is -0.0100. The molecule has 0 saturated heterocycles. The molecule has 3 atom stereocenters. The Balaban J connectivity index is 0. The van der Waals surface area contributed by atoms with E-state index in [4.69, 9.17) is 5.21 Å². The molecule has 0 aromatic heterocycles. The molecule has 0 rings (SSSR count). The molecule has 0 radical (unpaired) electrons. The number of carbonyl (C=O) groups excluding carboxylic acids is 1. The molecule has 0 saturated carbocycles. The Morgan fingerprint density at radius 1 is 1.24 bits per heavy atom. The fourth-order valence-electron chi connectivity index (χ4n) is 2.00. The SMILES string of the molecule is CCCCCCCC(=O)[N-]C(NO)C(N=O)C(C)CC.[Na+]. The molecule has 1 amide bonds. The summed E-state index contributed by atoms with van der Waals surface area (Å²) in [5, 5.41) is 15.9. The predicted molar refractivity (Wildman–Crippen MR) is 79.5 cm³/mol. The molecule has 6 nitrogen and oxygen atoms in total. The maximum Gasteiger partial charge on any atom is 1.00 e. The number of hydrogen-bond donors (Lipinski definition) is 2. The topological polar surface area (TPSA) is 92.9 Å². The minimum atomic E-state index is -0.939. The molecule has 3 unspecified atom stereocenters. The van der Waals surface area contributed by atoms with Crippen molar-refractivity contribution in [3.05, 3.63) is 10.2 Å². The zero-order chi connectivity index (χ0) is 15.4. The number of amides is 1. The van der Waals surface area contributed by atoms with Crippen molar-refractivity contribution in [2.24, 2.45) is 11.1 Å². The first-order valence-corrected chi connectivity index (χ1v) is 7.56. The van der Waals surface area contributed by atoms with E-state index in [1.807, 2.05) is 19.3 Å². The van der Waals surface area contributed by atoms with Crippen LogP contribution in [0.15, 0.2) is 5.18 Å². The van der Waals surface area contributed by atoms with E-state index in [0.29, 0.717) is 6.42 Å². The van der Waals surface area contributed by atoms with Crippen LogP contribution in [0.2, 0.25) is 0 Å². The van der Waals surface area contributed by atoms with E-state index in [9.17, 15) is 9.70 Å². The van der Waals surface area contributed by atoms with Crippen molar-refractivity contribution >= 4 is 5.91 Å². The summed E-state index contributed by atoms with van der Waals surface area (Å²) in [4.78, 5) is 22.6. The summed E-state index contributed by atoms with van der Waals surface area (Å²) in [6.45, 7) is 5.91. The summed E-state index contributed by atoms with van der Waals surface area (Å²) in [5.41, 5.74) is 1.93. The molecule has 21 heavy (non-hydrogen) atoms. The van der Waals surface area contributed by atoms with Gasteiger partial charge in [-0.25, -0.2) is 5.48 Å². The summed E-state index contributed by atoms with van der Waals surface area (Å²) in [6, 6.07) is -0.728. The molecular weight excluding hydrogens is 281 g/mol. The minimum Gasteiger partial charge on any atom is -0.635 e. The molecular formula is C14H28N3NaO3. The third-order valence-corrected chi connectivity index (χ3v) is 3.58. The largest absolute Gasteiger partial charge is 1.00 e. The fourth-order valence-corrected chi connectivity index (χ4v) is 2.00. The van der Waals surface area contributed by atoms with Crippen molar-refractivity contribution in [3.63, 3.8) is 0 Å². The van der Waals surface area contributed by atoms with Crippen LogP contribution >= 0.6 is 0 Å². The summed E-state index contributed by atoms with van der Waals surface area (Å²) in [7, 11) is 0. The maximum absolute atomic E-state index is 11.7. The van der Waals surface area contributed by atoms with Crippen LogP contribution in [0.3, 0.4) is 0 Å². The molecule has 0 spiro atoms. The Kier molecular flexibility index (Phi) is 16.5. The van der Waals surface area contributed by atoms with Gasteiger partial charge in [-0.15, -0.1) is 0 Å². The van der Waals surface area contributed by atoms with E-state index in [-0.39, 0.29) is 41.4 Å². The second kappa shape index (κ2) is 14.9. The van der Waals surface area contributed by atoms with Gasteiger partial charge in [-0.05, 0) is 24.9 Å². The number of nitroso groups, excluding NO2 is 1. The number of hydrogen-bond acceptors (Lipinski definition) is 5. The standard InChI is InChI=1S/C14H29N3O3.Na/c1-4-6-7-8-9-10-12(18)15-14(17-20)13(16-19)11(3)5-2;/h11,13-14,17,20H,4-10H2,1-3H3,(H,15,18);/q;+1/p-1. The summed E-state index contributed by atoms with van der Waals surface area (Å²) >= 11 is 0. The predicted octanol–water partition coefficient (Wildman–Crippen LogP) is 0.737. The van der Waals surface area contributed by atoms with Gasteiger partial charge >= 0.3 is 29.6 Å². The van der Waals surface area contributed by atoms with Crippen molar-refractivity contribution in [2.75, 3.05) is 0 Å². The van der Waals surface area contributed by atoms with E-state index < -0.39 is 12.2 Å². The first-order valence-electron chi connectivity index (χ1n) is 7.56. The first-order chi connectivity index (χ1) is 9.60. The Bertz CT molecular complexity index is 280. The normalized spacial score (nSPS) is 14.7. The van der Waals surface area contributed by atoms with Gasteiger partial charge in [0.25, 0.3) is 0 Å². The zero-order valence-electron chi connectivity index (χ0n) is 13.8. The molecule has 118 valence electrons. The number of rotatable bonds is 12. The van der Waals surface area contributed by atoms with E-state index in [1.54, 1.807) is 0 Å². The van der Waals surface area contributed by atoms with Crippen LogP contribution in [0.1, 0.15) is 65.7 Å². The van der Waals surface area contributed by atoms with Gasteiger partial charge in [-0.3, -0.25) is 0 Å². The molecule has 0 aromatic carbocycles.